The van der Waals surface area contributed by atoms with E-state index < -0.39 is 4.92 Å². The van der Waals surface area contributed by atoms with Crippen molar-refractivity contribution < 1.29 is 14.5 Å². The number of nitro benzene ring substituents is 1. The van der Waals surface area contributed by atoms with Crippen LogP contribution in [-0.2, 0) is 0 Å². The Bertz CT molecular complexity index is 1010. The summed E-state index contributed by atoms with van der Waals surface area (Å²) in [5.74, 6) is 0.593. The van der Waals surface area contributed by atoms with Crippen LogP contribution in [0.4, 0.5) is 5.69 Å². The molecule has 2 fully saturated rings. The van der Waals surface area contributed by atoms with Crippen LogP contribution in [-0.4, -0.2) is 56.8 Å². The molecule has 30 heavy (non-hydrogen) atoms. The first-order valence-corrected chi connectivity index (χ1v) is 11.0. The van der Waals surface area contributed by atoms with Crippen molar-refractivity contribution in [3.8, 4) is 0 Å². The lowest BCUT2D eigenvalue weighted by Crippen LogP contribution is -2.53. The molecule has 0 aromatic heterocycles. The first kappa shape index (κ1) is 20.7. The first-order chi connectivity index (χ1) is 14.4. The van der Waals surface area contributed by atoms with Gasteiger partial charge in [-0.1, -0.05) is 23.7 Å². The largest absolute Gasteiger partial charge is 0.338 e. The summed E-state index contributed by atoms with van der Waals surface area (Å²) < 4.78 is 0. The Morgan fingerprint density at radius 2 is 1.67 bits per heavy atom. The summed E-state index contributed by atoms with van der Waals surface area (Å²) in [6.45, 7) is 1.65. The zero-order chi connectivity index (χ0) is 21.3. The number of hydrogen-bond donors (Lipinski definition) is 0. The van der Waals surface area contributed by atoms with Gasteiger partial charge >= 0.3 is 0 Å². The molecule has 2 aromatic rings. The van der Waals surface area contributed by atoms with Crippen LogP contribution in [0.2, 0.25) is 5.02 Å². The molecule has 1 spiro atoms. The second-order valence-corrected chi connectivity index (χ2v) is 9.25. The van der Waals surface area contributed by atoms with Crippen molar-refractivity contribution in [3.05, 3.63) is 74.8 Å². The summed E-state index contributed by atoms with van der Waals surface area (Å²) in [5, 5.41) is 11.5. The average molecular weight is 446 g/mol. The number of hydrogen-bond acceptors (Lipinski definition) is 5. The predicted octanol–water partition coefficient (Wildman–Crippen LogP) is 4.07. The van der Waals surface area contributed by atoms with Crippen LogP contribution < -0.4 is 0 Å². The van der Waals surface area contributed by atoms with Gasteiger partial charge in [-0.2, -0.15) is 0 Å². The number of halogens is 1. The SMILES string of the molecule is O=C(c1cccc([N+](=O)[O-])c1)N1CCC2(CC1)SCCN2C(=O)c1cccc(Cl)c1. The minimum Gasteiger partial charge on any atom is -0.338 e. The molecule has 0 N–H and O–H groups in total. The summed E-state index contributed by atoms with van der Waals surface area (Å²) in [5.41, 5.74) is 0.782. The summed E-state index contributed by atoms with van der Waals surface area (Å²) in [4.78, 5) is 39.8. The van der Waals surface area contributed by atoms with Gasteiger partial charge in [-0.05, 0) is 37.1 Å². The topological polar surface area (TPSA) is 83.8 Å². The third kappa shape index (κ3) is 3.89. The highest BCUT2D eigenvalue weighted by Crippen LogP contribution is 2.44. The molecule has 7 nitrogen and oxygen atoms in total. The summed E-state index contributed by atoms with van der Waals surface area (Å²) in [7, 11) is 0. The van der Waals surface area contributed by atoms with E-state index in [0.717, 1.165) is 5.75 Å². The van der Waals surface area contributed by atoms with E-state index >= 15 is 0 Å². The number of carbonyl (C=O) groups is 2. The van der Waals surface area contributed by atoms with E-state index in [4.69, 9.17) is 11.6 Å². The molecule has 0 bridgehead atoms. The lowest BCUT2D eigenvalue weighted by molar-refractivity contribution is -0.384. The van der Waals surface area contributed by atoms with E-state index in [1.807, 2.05) is 4.90 Å². The number of rotatable bonds is 3. The molecule has 0 radical (unpaired) electrons. The van der Waals surface area contributed by atoms with Gasteiger partial charge in [-0.3, -0.25) is 19.7 Å². The van der Waals surface area contributed by atoms with Crippen molar-refractivity contribution in [1.29, 1.82) is 0 Å². The molecule has 0 aliphatic carbocycles. The normalized spacial score (nSPS) is 17.9. The Labute approximate surface area is 183 Å². The highest BCUT2D eigenvalue weighted by atomic mass is 35.5. The minimum atomic E-state index is -0.503. The Kier molecular flexibility index (Phi) is 5.71. The fourth-order valence-corrected chi connectivity index (χ4v) is 5.73. The van der Waals surface area contributed by atoms with Crippen LogP contribution in [0.5, 0.6) is 0 Å². The Morgan fingerprint density at radius 3 is 2.33 bits per heavy atom. The number of amides is 2. The molecule has 0 unspecified atom stereocenters. The summed E-state index contributed by atoms with van der Waals surface area (Å²) in [6, 6.07) is 12.8. The lowest BCUT2D eigenvalue weighted by Gasteiger charge is -2.44. The van der Waals surface area contributed by atoms with Gasteiger partial charge in [0.1, 0.15) is 0 Å². The van der Waals surface area contributed by atoms with Crippen LogP contribution in [0.25, 0.3) is 0 Å². The van der Waals surface area contributed by atoms with Crippen LogP contribution in [0, 0.1) is 10.1 Å². The van der Waals surface area contributed by atoms with E-state index in [1.54, 1.807) is 47.0 Å². The zero-order valence-electron chi connectivity index (χ0n) is 16.1. The highest BCUT2D eigenvalue weighted by molar-refractivity contribution is 8.00. The van der Waals surface area contributed by atoms with Crippen molar-refractivity contribution >= 4 is 40.9 Å². The van der Waals surface area contributed by atoms with Crippen molar-refractivity contribution in [3.63, 3.8) is 0 Å². The molecule has 2 aliphatic heterocycles. The van der Waals surface area contributed by atoms with Crippen LogP contribution >= 0.6 is 23.4 Å². The van der Waals surface area contributed by atoms with Gasteiger partial charge in [-0.15, -0.1) is 11.8 Å². The van der Waals surface area contributed by atoms with Gasteiger partial charge in [0.15, 0.2) is 0 Å². The van der Waals surface area contributed by atoms with Crippen LogP contribution in [0.1, 0.15) is 33.6 Å². The quantitative estimate of drug-likeness (QED) is 0.525. The van der Waals surface area contributed by atoms with Gasteiger partial charge < -0.3 is 9.80 Å². The Morgan fingerprint density at radius 1 is 1.00 bits per heavy atom. The van der Waals surface area contributed by atoms with Crippen molar-refractivity contribution in [2.45, 2.75) is 17.7 Å². The van der Waals surface area contributed by atoms with Crippen LogP contribution in [0.3, 0.4) is 0 Å². The number of non-ortho nitro benzene ring substituents is 1. The second-order valence-electron chi connectivity index (χ2n) is 7.36. The van der Waals surface area contributed by atoms with Gasteiger partial charge in [0.2, 0.25) is 0 Å². The lowest BCUT2D eigenvalue weighted by atomic mass is 10.00. The average Bonchev–Trinajstić information content (AvgIpc) is 3.16. The summed E-state index contributed by atoms with van der Waals surface area (Å²) in [6.07, 6.45) is 1.31. The molecule has 2 aromatic carbocycles. The third-order valence-electron chi connectivity index (χ3n) is 5.63. The van der Waals surface area contributed by atoms with E-state index in [9.17, 15) is 19.7 Å². The molecule has 0 atom stereocenters. The molecule has 2 amide bonds. The standard InChI is InChI=1S/C21H20ClN3O4S/c22-17-5-1-3-15(13-17)20(27)24-11-12-30-21(24)7-9-23(10-8-21)19(26)16-4-2-6-18(14-16)25(28)29/h1-6,13-14H,7-12H2. The second kappa shape index (κ2) is 8.28. The third-order valence-corrected chi connectivity index (χ3v) is 7.42. The number of likely N-dealkylation sites (tertiary alicyclic amines) is 1. The van der Waals surface area contributed by atoms with E-state index in [2.05, 4.69) is 0 Å². The molecule has 0 saturated carbocycles. The Balaban J connectivity index is 1.47. The molecule has 2 aliphatic rings. The van der Waals surface area contributed by atoms with Gasteiger partial charge in [0.05, 0.1) is 9.79 Å². The first-order valence-electron chi connectivity index (χ1n) is 9.65. The molecule has 2 heterocycles. The van der Waals surface area contributed by atoms with Gasteiger partial charge in [0, 0.05) is 53.7 Å². The monoisotopic (exact) mass is 445 g/mol. The number of thioether (sulfide) groups is 1. The highest BCUT2D eigenvalue weighted by Gasteiger charge is 2.47. The minimum absolute atomic E-state index is 0.0408. The molecule has 2 saturated heterocycles. The molecule has 9 heteroatoms. The fraction of sp³-hybridized carbons (Fsp3) is 0.333. The fourth-order valence-electron chi connectivity index (χ4n) is 4.08. The molecule has 156 valence electrons. The van der Waals surface area contributed by atoms with E-state index in [0.29, 0.717) is 48.6 Å². The number of nitro groups is 1. The summed E-state index contributed by atoms with van der Waals surface area (Å²) >= 11 is 7.82. The molecular formula is C21H20ClN3O4S. The smallest absolute Gasteiger partial charge is 0.270 e. The van der Waals surface area contributed by atoms with Crippen molar-refractivity contribution in [2.24, 2.45) is 0 Å². The van der Waals surface area contributed by atoms with E-state index in [1.165, 1.54) is 18.2 Å². The maximum absolute atomic E-state index is 13.1. The number of nitrogens with zero attached hydrogens (tertiary/aromatic N) is 3. The maximum atomic E-state index is 13.1. The number of benzene rings is 2. The number of carbonyl (C=O) groups excluding carboxylic acids is 2. The van der Waals surface area contributed by atoms with E-state index in [-0.39, 0.29) is 22.4 Å². The predicted molar refractivity (Wildman–Crippen MR) is 116 cm³/mol. The molecular weight excluding hydrogens is 426 g/mol. The maximum Gasteiger partial charge on any atom is 0.270 e. The van der Waals surface area contributed by atoms with Crippen molar-refractivity contribution in [2.75, 3.05) is 25.4 Å². The van der Waals surface area contributed by atoms with Crippen molar-refractivity contribution in [1.82, 2.24) is 9.80 Å². The van der Waals surface area contributed by atoms with Gasteiger partial charge in [0.25, 0.3) is 17.5 Å². The number of piperidine rings is 1. The Hall–Kier alpha value is -2.58. The van der Waals surface area contributed by atoms with Gasteiger partial charge in [-0.25, -0.2) is 0 Å². The van der Waals surface area contributed by atoms with Crippen LogP contribution in [0.15, 0.2) is 48.5 Å². The molecule has 4 rings (SSSR count). The zero-order valence-corrected chi connectivity index (χ0v) is 17.7.